The van der Waals surface area contributed by atoms with Gasteiger partial charge in [-0.3, -0.25) is 4.90 Å². The van der Waals surface area contributed by atoms with Crippen molar-refractivity contribution in [2.45, 2.75) is 31.5 Å². The Morgan fingerprint density at radius 3 is 2.81 bits per heavy atom. The summed E-state index contributed by atoms with van der Waals surface area (Å²) in [5, 5.41) is 22.1. The fourth-order valence-corrected chi connectivity index (χ4v) is 3.19. The second kappa shape index (κ2) is 6.09. The molecule has 1 aromatic carbocycles. The Kier molecular flexibility index (Phi) is 4.19. The number of aromatic nitrogens is 4. The predicted molar refractivity (Wildman–Crippen MR) is 78.6 cm³/mol. The van der Waals surface area contributed by atoms with Gasteiger partial charge in [0.05, 0.1) is 12.6 Å². The van der Waals surface area contributed by atoms with Crippen LogP contribution in [-0.2, 0) is 13.6 Å². The Bertz CT molecular complexity index is 617. The lowest BCUT2D eigenvalue weighted by Gasteiger charge is -2.28. The molecule has 1 fully saturated rings. The van der Waals surface area contributed by atoms with E-state index in [9.17, 15) is 5.11 Å². The number of benzene rings is 1. The summed E-state index contributed by atoms with van der Waals surface area (Å²) in [6.07, 6.45) is 1.86. The van der Waals surface area contributed by atoms with Crippen molar-refractivity contribution in [3.05, 3.63) is 40.7 Å². The van der Waals surface area contributed by atoms with Crippen molar-refractivity contribution < 1.29 is 5.11 Å². The van der Waals surface area contributed by atoms with E-state index >= 15 is 0 Å². The van der Waals surface area contributed by atoms with Gasteiger partial charge < -0.3 is 5.11 Å². The Hall–Kier alpha value is -1.50. The fourth-order valence-electron chi connectivity index (χ4n) is 2.99. The number of aryl methyl sites for hydroxylation is 1. The van der Waals surface area contributed by atoms with Crippen LogP contribution in [0.25, 0.3) is 0 Å². The minimum Gasteiger partial charge on any atom is -0.395 e. The summed E-state index contributed by atoms with van der Waals surface area (Å²) in [5.74, 6) is 0.831. The van der Waals surface area contributed by atoms with Crippen LogP contribution in [-0.4, -0.2) is 42.9 Å². The molecule has 1 aromatic heterocycles. The molecule has 1 aliphatic heterocycles. The molecule has 6 nitrogen and oxygen atoms in total. The van der Waals surface area contributed by atoms with E-state index in [1.807, 2.05) is 31.3 Å². The molecule has 0 bridgehead atoms. The van der Waals surface area contributed by atoms with Gasteiger partial charge in [0.25, 0.3) is 0 Å². The lowest BCUT2D eigenvalue weighted by atomic mass is 10.1. The molecule has 1 N–H and O–H groups in total. The molecule has 2 atom stereocenters. The first-order valence-corrected chi connectivity index (χ1v) is 7.40. The van der Waals surface area contributed by atoms with Crippen LogP contribution in [0, 0.1) is 0 Å². The van der Waals surface area contributed by atoms with Gasteiger partial charge >= 0.3 is 0 Å². The molecule has 0 radical (unpaired) electrons. The quantitative estimate of drug-likeness (QED) is 0.928. The summed E-state index contributed by atoms with van der Waals surface area (Å²) in [4.78, 5) is 2.24. The number of aliphatic hydroxyl groups excluding tert-OH is 1. The molecule has 21 heavy (non-hydrogen) atoms. The first-order chi connectivity index (χ1) is 10.2. The second-order valence-corrected chi connectivity index (χ2v) is 5.76. The van der Waals surface area contributed by atoms with Gasteiger partial charge in [-0.2, -0.15) is 0 Å². The third-order valence-electron chi connectivity index (χ3n) is 4.12. The van der Waals surface area contributed by atoms with Crippen molar-refractivity contribution >= 4 is 11.6 Å². The summed E-state index contributed by atoms with van der Waals surface area (Å²) in [7, 11) is 1.84. The van der Waals surface area contributed by atoms with Crippen LogP contribution in [0.1, 0.15) is 30.3 Å². The smallest absolute Gasteiger partial charge is 0.168 e. The number of nitrogens with zero attached hydrogens (tertiary/aromatic N) is 5. The molecule has 1 saturated heterocycles. The third kappa shape index (κ3) is 2.79. The molecule has 2 aromatic rings. The highest BCUT2D eigenvalue weighted by Crippen LogP contribution is 2.36. The van der Waals surface area contributed by atoms with Crippen molar-refractivity contribution in [3.8, 4) is 0 Å². The van der Waals surface area contributed by atoms with Gasteiger partial charge in [-0.15, -0.1) is 5.10 Å². The molecule has 3 rings (SSSR count). The SMILES string of the molecule is Cn1nnnc1[C@@H]1CC[C@@H](CO)N1Cc1ccccc1Cl. The van der Waals surface area contributed by atoms with E-state index in [4.69, 9.17) is 11.6 Å². The van der Waals surface area contributed by atoms with Gasteiger partial charge in [-0.1, -0.05) is 29.8 Å². The number of rotatable bonds is 4. The minimum atomic E-state index is 0.110. The molecular weight excluding hydrogens is 290 g/mol. The number of aliphatic hydroxyl groups is 1. The van der Waals surface area contributed by atoms with Crippen molar-refractivity contribution in [2.75, 3.05) is 6.61 Å². The zero-order valence-electron chi connectivity index (χ0n) is 11.9. The number of halogens is 1. The van der Waals surface area contributed by atoms with Crippen molar-refractivity contribution in [2.24, 2.45) is 7.05 Å². The van der Waals surface area contributed by atoms with E-state index in [-0.39, 0.29) is 18.7 Å². The molecule has 2 heterocycles. The molecule has 0 amide bonds. The van der Waals surface area contributed by atoms with E-state index in [0.29, 0.717) is 6.54 Å². The van der Waals surface area contributed by atoms with Crippen LogP contribution in [0.3, 0.4) is 0 Å². The van der Waals surface area contributed by atoms with Crippen molar-refractivity contribution in [3.63, 3.8) is 0 Å². The fraction of sp³-hybridized carbons (Fsp3) is 0.500. The molecule has 0 spiro atoms. The van der Waals surface area contributed by atoms with E-state index in [2.05, 4.69) is 20.4 Å². The normalized spacial score (nSPS) is 22.8. The summed E-state index contributed by atoms with van der Waals surface area (Å²) in [6, 6.07) is 8.02. The van der Waals surface area contributed by atoms with Gasteiger partial charge in [-0.05, 0) is 34.9 Å². The number of tetrazole rings is 1. The third-order valence-corrected chi connectivity index (χ3v) is 4.48. The van der Waals surface area contributed by atoms with Gasteiger partial charge in [0.1, 0.15) is 0 Å². The molecule has 112 valence electrons. The second-order valence-electron chi connectivity index (χ2n) is 5.35. The van der Waals surface area contributed by atoms with Crippen LogP contribution < -0.4 is 0 Å². The van der Waals surface area contributed by atoms with Crippen LogP contribution in [0.15, 0.2) is 24.3 Å². The maximum atomic E-state index is 9.64. The monoisotopic (exact) mass is 307 g/mol. The van der Waals surface area contributed by atoms with Gasteiger partial charge in [0.2, 0.25) is 0 Å². The molecule has 0 aliphatic carbocycles. The Morgan fingerprint density at radius 2 is 2.14 bits per heavy atom. The number of likely N-dealkylation sites (tertiary alicyclic amines) is 1. The highest BCUT2D eigenvalue weighted by Gasteiger charge is 2.36. The predicted octanol–water partition coefficient (Wildman–Crippen LogP) is 1.56. The van der Waals surface area contributed by atoms with E-state index in [1.165, 1.54) is 0 Å². The number of hydrogen-bond donors (Lipinski definition) is 1. The Morgan fingerprint density at radius 1 is 1.33 bits per heavy atom. The van der Waals surface area contributed by atoms with Crippen LogP contribution in [0.4, 0.5) is 0 Å². The molecule has 0 unspecified atom stereocenters. The van der Waals surface area contributed by atoms with E-state index in [1.54, 1.807) is 4.68 Å². The average molecular weight is 308 g/mol. The Labute approximate surface area is 128 Å². The summed E-state index contributed by atoms with van der Waals surface area (Å²) in [5.41, 5.74) is 1.06. The molecular formula is C14H18ClN5O. The van der Waals surface area contributed by atoms with Gasteiger partial charge in [0.15, 0.2) is 5.82 Å². The van der Waals surface area contributed by atoms with E-state index in [0.717, 1.165) is 29.3 Å². The van der Waals surface area contributed by atoms with Gasteiger partial charge in [-0.25, -0.2) is 4.68 Å². The highest BCUT2D eigenvalue weighted by atomic mass is 35.5. The topological polar surface area (TPSA) is 67.1 Å². The number of hydrogen-bond acceptors (Lipinski definition) is 5. The maximum absolute atomic E-state index is 9.64. The van der Waals surface area contributed by atoms with Crippen molar-refractivity contribution in [1.82, 2.24) is 25.1 Å². The summed E-state index contributed by atoms with van der Waals surface area (Å²) >= 11 is 6.26. The molecule has 1 aliphatic rings. The largest absolute Gasteiger partial charge is 0.395 e. The first kappa shape index (κ1) is 14.4. The van der Waals surface area contributed by atoms with Crippen molar-refractivity contribution in [1.29, 1.82) is 0 Å². The van der Waals surface area contributed by atoms with Crippen LogP contribution in [0.5, 0.6) is 0 Å². The van der Waals surface area contributed by atoms with Gasteiger partial charge in [0, 0.05) is 24.7 Å². The lowest BCUT2D eigenvalue weighted by molar-refractivity contribution is 0.117. The molecule has 0 saturated carbocycles. The lowest BCUT2D eigenvalue weighted by Crippen LogP contribution is -2.34. The Balaban J connectivity index is 1.88. The average Bonchev–Trinajstić information content (AvgIpc) is 3.07. The first-order valence-electron chi connectivity index (χ1n) is 7.03. The highest BCUT2D eigenvalue weighted by molar-refractivity contribution is 6.31. The van der Waals surface area contributed by atoms with Crippen LogP contribution in [0.2, 0.25) is 5.02 Å². The summed E-state index contributed by atoms with van der Waals surface area (Å²) in [6.45, 7) is 0.814. The van der Waals surface area contributed by atoms with E-state index < -0.39 is 0 Å². The maximum Gasteiger partial charge on any atom is 0.168 e. The van der Waals surface area contributed by atoms with Crippen LogP contribution >= 0.6 is 11.6 Å². The molecule has 7 heteroatoms. The minimum absolute atomic E-state index is 0.110. The zero-order chi connectivity index (χ0) is 14.8. The standard InChI is InChI=1S/C14H18ClN5O/c1-19-14(16-17-18-19)13-7-6-11(9-21)20(13)8-10-4-2-3-5-12(10)15/h2-5,11,13,21H,6-9H2,1H3/t11-,13-/m0/s1. The zero-order valence-corrected chi connectivity index (χ0v) is 12.6. The summed E-state index contributed by atoms with van der Waals surface area (Å²) < 4.78 is 1.70.